The van der Waals surface area contributed by atoms with E-state index in [0.29, 0.717) is 5.92 Å². The summed E-state index contributed by atoms with van der Waals surface area (Å²) >= 11 is 0. The number of halogens is 1. The van der Waals surface area contributed by atoms with Gasteiger partial charge in [-0.2, -0.15) is 0 Å². The zero-order valence-corrected chi connectivity index (χ0v) is 7.95. The van der Waals surface area contributed by atoms with Gasteiger partial charge in [-0.1, -0.05) is 27.7 Å². The predicted octanol–water partition coefficient (Wildman–Crippen LogP) is 3.81. The Balaban J connectivity index is 0. The lowest BCUT2D eigenvalue weighted by atomic mass is 10.1. The van der Waals surface area contributed by atoms with Gasteiger partial charge in [-0.05, 0) is 25.7 Å². The Kier molecular flexibility index (Phi) is 11.2. The summed E-state index contributed by atoms with van der Waals surface area (Å²) in [6.45, 7) is 9.84. The maximum absolute atomic E-state index is 12.1. The van der Waals surface area contributed by atoms with Gasteiger partial charge in [-0.15, -0.1) is 0 Å². The molecule has 0 N–H and O–H groups in total. The largest absolute Gasteiger partial charge is 0.248 e. The molecule has 0 aromatic carbocycles. The Morgan fingerprint density at radius 3 is 1.50 bits per heavy atom. The maximum Gasteiger partial charge on any atom is 0.0973 e. The average Bonchev–Trinajstić information content (AvgIpc) is 1.89. The summed E-state index contributed by atoms with van der Waals surface area (Å²) in [5.41, 5.74) is 0. The summed E-state index contributed by atoms with van der Waals surface area (Å²) in [5, 5.41) is 0. The number of rotatable bonds is 3. The van der Waals surface area contributed by atoms with E-state index in [1.807, 2.05) is 13.8 Å². The van der Waals surface area contributed by atoms with E-state index in [4.69, 9.17) is 0 Å². The first kappa shape index (κ1) is 12.6. The van der Waals surface area contributed by atoms with E-state index in [1.54, 1.807) is 6.92 Å². The molecule has 0 spiro atoms. The Hall–Kier alpha value is -0.0700. The van der Waals surface area contributed by atoms with Crippen molar-refractivity contribution in [1.29, 1.82) is 0 Å². The molecular formula is C9H21F. The van der Waals surface area contributed by atoms with Gasteiger partial charge in [0.05, 0.1) is 6.17 Å². The fourth-order valence-corrected chi connectivity index (χ4v) is 0.563. The van der Waals surface area contributed by atoms with Crippen LogP contribution in [0, 0.1) is 5.92 Å². The third kappa shape index (κ3) is 15.7. The van der Waals surface area contributed by atoms with Crippen LogP contribution in [0.2, 0.25) is 0 Å². The lowest BCUT2D eigenvalue weighted by molar-refractivity contribution is 0.318. The van der Waals surface area contributed by atoms with E-state index < -0.39 is 6.17 Å². The molecule has 64 valence electrons. The Bertz CT molecular complexity index is 40.7. The molecule has 1 unspecified atom stereocenters. The van der Waals surface area contributed by atoms with Crippen molar-refractivity contribution in [2.75, 3.05) is 0 Å². The van der Waals surface area contributed by atoms with Crippen LogP contribution in [0.5, 0.6) is 0 Å². The Morgan fingerprint density at radius 2 is 1.40 bits per heavy atom. The van der Waals surface area contributed by atoms with Crippen LogP contribution in [0.15, 0.2) is 0 Å². The molecule has 1 atom stereocenters. The molecule has 0 fully saturated rings. The van der Waals surface area contributed by atoms with Crippen LogP contribution in [0.4, 0.5) is 4.39 Å². The fraction of sp³-hybridized carbons (Fsp3) is 1.00. The normalized spacial score (nSPS) is 12.3. The molecule has 0 rings (SSSR count). The van der Waals surface area contributed by atoms with Crippen molar-refractivity contribution in [3.8, 4) is 0 Å². The summed E-state index contributed by atoms with van der Waals surface area (Å²) < 4.78 is 12.1. The van der Waals surface area contributed by atoms with Crippen molar-refractivity contribution in [2.24, 2.45) is 5.92 Å². The molecule has 0 amide bonds. The highest BCUT2D eigenvalue weighted by Crippen LogP contribution is 2.07. The van der Waals surface area contributed by atoms with Gasteiger partial charge in [0, 0.05) is 0 Å². The molecule has 0 heterocycles. The third-order valence-corrected chi connectivity index (χ3v) is 1.14. The molecule has 0 bridgehead atoms. The summed E-state index contributed by atoms with van der Waals surface area (Å²) in [6, 6.07) is 0. The van der Waals surface area contributed by atoms with Crippen LogP contribution in [-0.2, 0) is 0 Å². The first-order chi connectivity index (χ1) is 4.63. The highest BCUT2D eigenvalue weighted by molar-refractivity contribution is 4.50. The van der Waals surface area contributed by atoms with Crippen molar-refractivity contribution in [3.63, 3.8) is 0 Å². The van der Waals surface area contributed by atoms with E-state index in [-0.39, 0.29) is 0 Å². The van der Waals surface area contributed by atoms with Gasteiger partial charge in [0.2, 0.25) is 0 Å². The van der Waals surface area contributed by atoms with Gasteiger partial charge in [-0.3, -0.25) is 0 Å². The maximum atomic E-state index is 12.1. The van der Waals surface area contributed by atoms with E-state index in [0.717, 1.165) is 12.8 Å². The molecule has 0 aliphatic carbocycles. The fourth-order valence-electron chi connectivity index (χ4n) is 0.563. The molecule has 0 saturated heterocycles. The minimum atomic E-state index is -0.614. The summed E-state index contributed by atoms with van der Waals surface area (Å²) in [7, 11) is 0. The molecule has 1 heteroatoms. The molecule has 0 nitrogen and oxygen atoms in total. The topological polar surface area (TPSA) is 0 Å². The van der Waals surface area contributed by atoms with Crippen LogP contribution < -0.4 is 0 Å². The van der Waals surface area contributed by atoms with Gasteiger partial charge in [0.25, 0.3) is 0 Å². The van der Waals surface area contributed by atoms with Crippen LogP contribution in [-0.4, -0.2) is 6.17 Å². The zero-order chi connectivity index (χ0) is 8.57. The Labute approximate surface area is 64.8 Å². The van der Waals surface area contributed by atoms with E-state index in [2.05, 4.69) is 13.8 Å². The van der Waals surface area contributed by atoms with E-state index in [1.165, 1.54) is 0 Å². The second kappa shape index (κ2) is 8.93. The third-order valence-electron chi connectivity index (χ3n) is 1.14. The molecular weight excluding hydrogens is 127 g/mol. The molecule has 0 aromatic heterocycles. The van der Waals surface area contributed by atoms with E-state index in [9.17, 15) is 4.39 Å². The quantitative estimate of drug-likeness (QED) is 0.571. The number of hydrogen-bond acceptors (Lipinski definition) is 0. The summed E-state index contributed by atoms with van der Waals surface area (Å²) in [6.07, 6.45) is 1.12. The zero-order valence-electron chi connectivity index (χ0n) is 7.95. The first-order valence-electron chi connectivity index (χ1n) is 4.27. The SMILES string of the molecule is CC.CC(C)CCC(C)F. The van der Waals surface area contributed by atoms with Crippen molar-refractivity contribution >= 4 is 0 Å². The van der Waals surface area contributed by atoms with Gasteiger partial charge in [-0.25, -0.2) is 4.39 Å². The lowest BCUT2D eigenvalue weighted by Crippen LogP contribution is -1.95. The van der Waals surface area contributed by atoms with Crippen LogP contribution in [0.3, 0.4) is 0 Å². The molecule has 0 aromatic rings. The highest BCUT2D eigenvalue weighted by atomic mass is 19.1. The second-order valence-electron chi connectivity index (χ2n) is 2.75. The molecule has 0 radical (unpaired) electrons. The second-order valence-corrected chi connectivity index (χ2v) is 2.75. The average molecular weight is 148 g/mol. The van der Waals surface area contributed by atoms with Crippen molar-refractivity contribution in [1.82, 2.24) is 0 Å². The van der Waals surface area contributed by atoms with Crippen LogP contribution >= 0.6 is 0 Å². The molecule has 0 aliphatic rings. The van der Waals surface area contributed by atoms with Crippen LogP contribution in [0.25, 0.3) is 0 Å². The summed E-state index contributed by atoms with van der Waals surface area (Å²) in [4.78, 5) is 0. The van der Waals surface area contributed by atoms with Gasteiger partial charge in [0.15, 0.2) is 0 Å². The van der Waals surface area contributed by atoms with Gasteiger partial charge >= 0.3 is 0 Å². The van der Waals surface area contributed by atoms with Crippen molar-refractivity contribution in [2.45, 2.75) is 53.6 Å². The lowest BCUT2D eigenvalue weighted by Gasteiger charge is -2.03. The monoisotopic (exact) mass is 148 g/mol. The predicted molar refractivity (Wildman–Crippen MR) is 46.0 cm³/mol. The minimum absolute atomic E-state index is 0.614. The van der Waals surface area contributed by atoms with Crippen molar-refractivity contribution < 1.29 is 4.39 Å². The number of alkyl halides is 1. The highest BCUT2D eigenvalue weighted by Gasteiger charge is 1.98. The van der Waals surface area contributed by atoms with E-state index >= 15 is 0 Å². The standard InChI is InChI=1S/C7H15F.C2H6/c1-6(2)4-5-7(3)8;1-2/h6-7H,4-5H2,1-3H3;1-2H3. The molecule has 10 heavy (non-hydrogen) atoms. The summed E-state index contributed by atoms with van der Waals surface area (Å²) in [5.74, 6) is 0.646. The first-order valence-corrected chi connectivity index (χ1v) is 4.27. The van der Waals surface area contributed by atoms with Crippen LogP contribution in [0.1, 0.15) is 47.5 Å². The Morgan fingerprint density at radius 1 is 1.00 bits per heavy atom. The van der Waals surface area contributed by atoms with Crippen molar-refractivity contribution in [3.05, 3.63) is 0 Å². The smallest absolute Gasteiger partial charge is 0.0973 e. The van der Waals surface area contributed by atoms with Gasteiger partial charge in [0.1, 0.15) is 0 Å². The molecule has 0 aliphatic heterocycles. The molecule has 0 saturated carbocycles. The number of hydrogen-bond donors (Lipinski definition) is 0. The van der Waals surface area contributed by atoms with Gasteiger partial charge < -0.3 is 0 Å². The minimum Gasteiger partial charge on any atom is -0.248 e.